The number of benzene rings is 2. The van der Waals surface area contributed by atoms with Gasteiger partial charge in [0.2, 0.25) is 0 Å². The molecule has 0 heterocycles. The van der Waals surface area contributed by atoms with Gasteiger partial charge in [0.15, 0.2) is 0 Å². The van der Waals surface area contributed by atoms with Crippen molar-refractivity contribution in [3.8, 4) is 11.1 Å². The fourth-order valence-electron chi connectivity index (χ4n) is 1.77. The van der Waals surface area contributed by atoms with Crippen LogP contribution in [-0.4, -0.2) is 0 Å². The Morgan fingerprint density at radius 2 is 1.45 bits per heavy atom. The van der Waals surface area contributed by atoms with Gasteiger partial charge in [0.05, 0.1) is 15.6 Å². The lowest BCUT2D eigenvalue weighted by Crippen LogP contribution is -2.06. The van der Waals surface area contributed by atoms with Gasteiger partial charge in [-0.05, 0) is 24.3 Å². The molecule has 0 amide bonds. The molecule has 0 unspecified atom stereocenters. The molecule has 106 valence electrons. The van der Waals surface area contributed by atoms with Gasteiger partial charge in [-0.15, -0.1) is 0 Å². The fraction of sp³-hybridized carbons (Fsp3) is 0.0769. The zero-order valence-corrected chi connectivity index (χ0v) is 12.0. The predicted octanol–water partition coefficient (Wildman–Crippen LogP) is 5.91. The maximum absolute atomic E-state index is 12.6. The molecule has 20 heavy (non-hydrogen) atoms. The van der Waals surface area contributed by atoms with E-state index >= 15 is 0 Å². The molecule has 1 nitrogen and oxygen atoms in total. The minimum Gasteiger partial charge on any atom is -0.398 e. The molecule has 0 bridgehead atoms. The Kier molecular flexibility index (Phi) is 4.09. The van der Waals surface area contributed by atoms with Crippen molar-refractivity contribution in [3.63, 3.8) is 0 Å². The third kappa shape index (κ3) is 2.97. The first-order valence-corrected chi connectivity index (χ1v) is 6.45. The van der Waals surface area contributed by atoms with Crippen LogP contribution in [0.15, 0.2) is 30.3 Å². The van der Waals surface area contributed by atoms with Crippen LogP contribution in [0.3, 0.4) is 0 Å². The second-order valence-electron chi connectivity index (χ2n) is 4.04. The third-order valence-electron chi connectivity index (χ3n) is 2.66. The van der Waals surface area contributed by atoms with Crippen molar-refractivity contribution in [3.05, 3.63) is 51.0 Å². The minimum atomic E-state index is -4.46. The fourth-order valence-corrected chi connectivity index (χ4v) is 2.79. The molecule has 0 atom stereocenters. The maximum Gasteiger partial charge on any atom is 0.416 e. The van der Waals surface area contributed by atoms with Crippen molar-refractivity contribution in [2.24, 2.45) is 0 Å². The predicted molar refractivity (Wildman–Crippen MR) is 76.3 cm³/mol. The Labute approximate surface area is 128 Å². The van der Waals surface area contributed by atoms with E-state index in [1.54, 1.807) is 0 Å². The van der Waals surface area contributed by atoms with Crippen molar-refractivity contribution in [1.29, 1.82) is 0 Å². The summed E-state index contributed by atoms with van der Waals surface area (Å²) in [5.41, 5.74) is 5.45. The Hall–Kier alpha value is -1.10. The van der Waals surface area contributed by atoms with E-state index in [1.807, 2.05) is 0 Å². The van der Waals surface area contributed by atoms with Gasteiger partial charge in [-0.25, -0.2) is 0 Å². The second kappa shape index (κ2) is 5.35. The van der Waals surface area contributed by atoms with Gasteiger partial charge < -0.3 is 5.73 Å². The van der Waals surface area contributed by atoms with E-state index in [9.17, 15) is 13.2 Å². The van der Waals surface area contributed by atoms with Crippen LogP contribution in [0.4, 0.5) is 18.9 Å². The van der Waals surface area contributed by atoms with Crippen molar-refractivity contribution in [2.45, 2.75) is 6.18 Å². The third-order valence-corrected chi connectivity index (χ3v) is 3.47. The van der Waals surface area contributed by atoms with E-state index in [-0.39, 0.29) is 15.7 Å². The quantitative estimate of drug-likeness (QED) is 0.641. The van der Waals surface area contributed by atoms with Crippen LogP contribution in [-0.2, 0) is 6.18 Å². The number of halogens is 6. The van der Waals surface area contributed by atoms with E-state index < -0.39 is 11.7 Å². The Morgan fingerprint density at radius 1 is 0.900 bits per heavy atom. The molecule has 0 aliphatic rings. The van der Waals surface area contributed by atoms with Crippen LogP contribution in [0.5, 0.6) is 0 Å². The summed E-state index contributed by atoms with van der Waals surface area (Å²) >= 11 is 17.8. The normalized spacial score (nSPS) is 11.7. The summed E-state index contributed by atoms with van der Waals surface area (Å²) in [5, 5.41) is 0.761. The van der Waals surface area contributed by atoms with Gasteiger partial charge in [0.1, 0.15) is 0 Å². The molecule has 0 aliphatic heterocycles. The van der Waals surface area contributed by atoms with E-state index in [0.717, 1.165) is 12.1 Å². The Morgan fingerprint density at radius 3 is 1.90 bits per heavy atom. The molecule has 0 aromatic heterocycles. The largest absolute Gasteiger partial charge is 0.416 e. The summed E-state index contributed by atoms with van der Waals surface area (Å²) < 4.78 is 37.8. The molecule has 0 spiro atoms. The standard InChI is InChI=1S/C13H7Cl3F3N/c14-7-4-9(15)12(10(16)5-7)8-2-1-6(3-11(8)20)13(17,18)19/h1-5H,20H2. The molecule has 2 rings (SSSR count). The highest BCUT2D eigenvalue weighted by Gasteiger charge is 2.31. The first kappa shape index (κ1) is 15.3. The SMILES string of the molecule is Nc1cc(C(F)(F)F)ccc1-c1c(Cl)cc(Cl)cc1Cl. The smallest absolute Gasteiger partial charge is 0.398 e. The number of rotatable bonds is 1. The molecule has 0 aliphatic carbocycles. The lowest BCUT2D eigenvalue weighted by molar-refractivity contribution is -0.137. The first-order valence-electron chi connectivity index (χ1n) is 5.32. The number of nitrogens with two attached hydrogens (primary N) is 1. The molecular formula is C13H7Cl3F3N. The molecule has 7 heteroatoms. The van der Waals surface area contributed by atoms with Crippen molar-refractivity contribution < 1.29 is 13.2 Å². The molecule has 2 aromatic rings. The summed E-state index contributed by atoms with van der Waals surface area (Å²) in [6.07, 6.45) is -4.46. The average Bonchev–Trinajstić information content (AvgIpc) is 2.28. The number of nitrogen functional groups attached to an aromatic ring is 1. The van der Waals surface area contributed by atoms with Gasteiger partial charge in [-0.3, -0.25) is 0 Å². The molecule has 2 N–H and O–H groups in total. The van der Waals surface area contributed by atoms with Gasteiger partial charge in [-0.1, -0.05) is 40.9 Å². The van der Waals surface area contributed by atoms with Crippen LogP contribution >= 0.6 is 34.8 Å². The maximum atomic E-state index is 12.6. The first-order chi connectivity index (χ1) is 9.20. The van der Waals surface area contributed by atoms with Crippen molar-refractivity contribution >= 4 is 40.5 Å². The molecule has 0 radical (unpaired) electrons. The highest BCUT2D eigenvalue weighted by Crippen LogP contribution is 2.41. The van der Waals surface area contributed by atoms with Crippen LogP contribution in [0.25, 0.3) is 11.1 Å². The van der Waals surface area contributed by atoms with E-state index in [1.165, 1.54) is 18.2 Å². The van der Waals surface area contributed by atoms with Gasteiger partial charge in [0, 0.05) is 21.8 Å². The van der Waals surface area contributed by atoms with Crippen molar-refractivity contribution in [2.75, 3.05) is 5.73 Å². The number of hydrogen-bond acceptors (Lipinski definition) is 1. The molecule has 0 saturated carbocycles. The second-order valence-corrected chi connectivity index (χ2v) is 5.30. The van der Waals surface area contributed by atoms with E-state index in [4.69, 9.17) is 40.5 Å². The molecule has 0 fully saturated rings. The summed E-state index contributed by atoms with van der Waals surface area (Å²) in [7, 11) is 0. The number of alkyl halides is 3. The van der Waals surface area contributed by atoms with E-state index in [0.29, 0.717) is 16.1 Å². The summed E-state index contributed by atoms with van der Waals surface area (Å²) in [4.78, 5) is 0. The lowest BCUT2D eigenvalue weighted by Gasteiger charge is -2.13. The van der Waals surface area contributed by atoms with Gasteiger partial charge >= 0.3 is 6.18 Å². The Balaban J connectivity index is 2.61. The van der Waals surface area contributed by atoms with E-state index in [2.05, 4.69) is 0 Å². The molecule has 0 saturated heterocycles. The number of hydrogen-bond donors (Lipinski definition) is 1. The lowest BCUT2D eigenvalue weighted by atomic mass is 10.0. The van der Waals surface area contributed by atoms with Crippen molar-refractivity contribution in [1.82, 2.24) is 0 Å². The van der Waals surface area contributed by atoms with Gasteiger partial charge in [0.25, 0.3) is 0 Å². The highest BCUT2D eigenvalue weighted by atomic mass is 35.5. The summed E-state index contributed by atoms with van der Waals surface area (Å²) in [6, 6.07) is 5.89. The van der Waals surface area contributed by atoms with Crippen LogP contribution in [0, 0.1) is 0 Å². The minimum absolute atomic E-state index is 0.0639. The zero-order valence-electron chi connectivity index (χ0n) is 9.73. The zero-order chi connectivity index (χ0) is 15.1. The van der Waals surface area contributed by atoms with Crippen LogP contribution < -0.4 is 5.73 Å². The molecule has 2 aromatic carbocycles. The summed E-state index contributed by atoms with van der Waals surface area (Å²) in [5.74, 6) is 0. The highest BCUT2D eigenvalue weighted by molar-refractivity contribution is 6.42. The van der Waals surface area contributed by atoms with Crippen LogP contribution in [0.1, 0.15) is 5.56 Å². The summed E-state index contributed by atoms with van der Waals surface area (Å²) in [6.45, 7) is 0. The average molecular weight is 341 g/mol. The topological polar surface area (TPSA) is 26.0 Å². The van der Waals surface area contributed by atoms with Crippen LogP contribution in [0.2, 0.25) is 15.1 Å². The molecular weight excluding hydrogens is 334 g/mol. The number of anilines is 1. The van der Waals surface area contributed by atoms with Gasteiger partial charge in [-0.2, -0.15) is 13.2 Å². The Bertz CT molecular complexity index is 645. The monoisotopic (exact) mass is 339 g/mol.